The van der Waals surface area contributed by atoms with Crippen LogP contribution < -0.4 is 5.32 Å². The van der Waals surface area contributed by atoms with Gasteiger partial charge in [-0.15, -0.1) is 0 Å². The van der Waals surface area contributed by atoms with Crippen LogP contribution in [0, 0.1) is 0 Å². The van der Waals surface area contributed by atoms with Gasteiger partial charge < -0.3 is 5.32 Å². The molecule has 0 saturated heterocycles. The predicted molar refractivity (Wildman–Crippen MR) is 64.2 cm³/mol. The van der Waals surface area contributed by atoms with Crippen LogP contribution in [-0.4, -0.2) is 34.6 Å². The van der Waals surface area contributed by atoms with E-state index in [9.17, 15) is 0 Å². The molecule has 0 bridgehead atoms. The SMILES string of the molecule is C1=NCCN1.c1ccncc1.c1cn[nH]c1. The highest BCUT2D eigenvalue weighted by atomic mass is 15.1. The van der Waals surface area contributed by atoms with Gasteiger partial charge in [0.1, 0.15) is 0 Å². The summed E-state index contributed by atoms with van der Waals surface area (Å²) in [5.74, 6) is 0. The Labute approximate surface area is 94.7 Å². The molecule has 5 heteroatoms. The molecule has 0 radical (unpaired) electrons. The van der Waals surface area contributed by atoms with Crippen LogP contribution in [-0.2, 0) is 0 Å². The first-order chi connectivity index (χ1) is 8.00. The summed E-state index contributed by atoms with van der Waals surface area (Å²) >= 11 is 0. The van der Waals surface area contributed by atoms with Crippen molar-refractivity contribution < 1.29 is 0 Å². The Bertz CT molecular complexity index is 294. The maximum Gasteiger partial charge on any atom is 0.0825 e. The van der Waals surface area contributed by atoms with Crippen LogP contribution in [0.5, 0.6) is 0 Å². The monoisotopic (exact) mass is 217 g/mol. The molecule has 84 valence electrons. The Kier molecular flexibility index (Phi) is 6.98. The van der Waals surface area contributed by atoms with E-state index in [0.29, 0.717) is 0 Å². The Morgan fingerprint density at radius 3 is 2.00 bits per heavy atom. The minimum Gasteiger partial charge on any atom is -0.375 e. The highest BCUT2D eigenvalue weighted by molar-refractivity contribution is 5.56. The van der Waals surface area contributed by atoms with Gasteiger partial charge in [-0.05, 0) is 18.2 Å². The molecular formula is C11H15N5. The fraction of sp³-hybridized carbons (Fsp3) is 0.182. The smallest absolute Gasteiger partial charge is 0.0825 e. The average Bonchev–Trinajstić information content (AvgIpc) is 3.10. The van der Waals surface area contributed by atoms with Crippen molar-refractivity contribution in [2.24, 2.45) is 4.99 Å². The molecule has 0 aliphatic carbocycles. The van der Waals surface area contributed by atoms with Gasteiger partial charge in [-0.1, -0.05) is 6.07 Å². The number of pyridine rings is 1. The molecule has 3 rings (SSSR count). The molecule has 1 aliphatic heterocycles. The minimum atomic E-state index is 0.958. The van der Waals surface area contributed by atoms with E-state index in [0.717, 1.165) is 13.1 Å². The van der Waals surface area contributed by atoms with Gasteiger partial charge in [0.15, 0.2) is 0 Å². The van der Waals surface area contributed by atoms with Crippen molar-refractivity contribution in [1.82, 2.24) is 20.5 Å². The molecule has 3 heterocycles. The lowest BCUT2D eigenvalue weighted by molar-refractivity contribution is 0.965. The second-order valence-electron chi connectivity index (χ2n) is 2.78. The third-order valence-electron chi connectivity index (χ3n) is 1.54. The molecule has 0 fully saturated rings. The van der Waals surface area contributed by atoms with Crippen LogP contribution >= 0.6 is 0 Å². The quantitative estimate of drug-likeness (QED) is 0.694. The molecule has 0 atom stereocenters. The largest absolute Gasteiger partial charge is 0.375 e. The van der Waals surface area contributed by atoms with Crippen LogP contribution in [0.15, 0.2) is 54.0 Å². The van der Waals surface area contributed by atoms with E-state index in [4.69, 9.17) is 0 Å². The molecule has 1 aliphatic rings. The van der Waals surface area contributed by atoms with Crippen molar-refractivity contribution in [3.8, 4) is 0 Å². The van der Waals surface area contributed by atoms with Gasteiger partial charge in [0.05, 0.1) is 12.9 Å². The first-order valence-electron chi connectivity index (χ1n) is 5.00. The lowest BCUT2D eigenvalue weighted by Crippen LogP contribution is -2.04. The number of nitrogens with one attached hydrogen (secondary N) is 2. The van der Waals surface area contributed by atoms with Gasteiger partial charge in [-0.3, -0.25) is 15.1 Å². The maximum atomic E-state index is 3.85. The first-order valence-corrected chi connectivity index (χ1v) is 5.00. The van der Waals surface area contributed by atoms with Gasteiger partial charge >= 0.3 is 0 Å². The first kappa shape index (κ1) is 11.9. The summed E-state index contributed by atoms with van der Waals surface area (Å²) in [5.41, 5.74) is 0. The average molecular weight is 217 g/mol. The number of hydrogen-bond acceptors (Lipinski definition) is 4. The summed E-state index contributed by atoms with van der Waals surface area (Å²) in [6, 6.07) is 7.55. The number of nitrogens with zero attached hydrogens (tertiary/aromatic N) is 3. The number of aromatic nitrogens is 3. The van der Waals surface area contributed by atoms with E-state index < -0.39 is 0 Å². The van der Waals surface area contributed by atoms with Crippen molar-refractivity contribution in [2.45, 2.75) is 0 Å². The Balaban J connectivity index is 0.000000121. The van der Waals surface area contributed by atoms with E-state index in [1.165, 1.54) is 0 Å². The Morgan fingerprint density at radius 1 is 0.938 bits per heavy atom. The van der Waals surface area contributed by atoms with Gasteiger partial charge in [0, 0.05) is 31.3 Å². The molecule has 2 aromatic heterocycles. The summed E-state index contributed by atoms with van der Waals surface area (Å²) in [4.78, 5) is 7.63. The molecule has 0 saturated carbocycles. The van der Waals surface area contributed by atoms with E-state index in [1.54, 1.807) is 31.1 Å². The Morgan fingerprint density at radius 2 is 1.81 bits per heavy atom. The van der Waals surface area contributed by atoms with Crippen LogP contribution in [0.2, 0.25) is 0 Å². The van der Waals surface area contributed by atoms with E-state index in [2.05, 4.69) is 25.5 Å². The minimum absolute atomic E-state index is 0.958. The van der Waals surface area contributed by atoms with Crippen molar-refractivity contribution >= 4 is 6.34 Å². The van der Waals surface area contributed by atoms with Crippen molar-refractivity contribution in [3.63, 3.8) is 0 Å². The van der Waals surface area contributed by atoms with Gasteiger partial charge in [-0.2, -0.15) is 5.10 Å². The fourth-order valence-corrected chi connectivity index (χ4v) is 0.851. The molecule has 5 nitrogen and oxygen atoms in total. The maximum absolute atomic E-state index is 3.85. The summed E-state index contributed by atoms with van der Waals surface area (Å²) in [6.07, 6.45) is 8.69. The fourth-order valence-electron chi connectivity index (χ4n) is 0.851. The van der Waals surface area contributed by atoms with Gasteiger partial charge in [-0.25, -0.2) is 0 Å². The zero-order chi connectivity index (χ0) is 11.3. The number of H-pyrrole nitrogens is 1. The zero-order valence-corrected chi connectivity index (χ0v) is 8.95. The van der Waals surface area contributed by atoms with Crippen molar-refractivity contribution in [2.75, 3.05) is 13.1 Å². The normalized spacial score (nSPS) is 11.5. The highest BCUT2D eigenvalue weighted by Crippen LogP contribution is 1.73. The number of aromatic amines is 1. The Hall–Kier alpha value is -2.17. The summed E-state index contributed by atoms with van der Waals surface area (Å²) < 4.78 is 0. The number of hydrogen-bond donors (Lipinski definition) is 2. The molecular weight excluding hydrogens is 202 g/mol. The van der Waals surface area contributed by atoms with Crippen LogP contribution in [0.1, 0.15) is 0 Å². The van der Waals surface area contributed by atoms with Crippen LogP contribution in [0.4, 0.5) is 0 Å². The molecule has 2 N–H and O–H groups in total. The van der Waals surface area contributed by atoms with Crippen molar-refractivity contribution in [3.05, 3.63) is 49.1 Å². The summed E-state index contributed by atoms with van der Waals surface area (Å²) in [7, 11) is 0. The molecule has 0 aromatic carbocycles. The molecule has 16 heavy (non-hydrogen) atoms. The molecule has 0 amide bonds. The predicted octanol–water partition coefficient (Wildman–Crippen LogP) is 1.11. The number of aliphatic imine (C=N–C) groups is 1. The highest BCUT2D eigenvalue weighted by Gasteiger charge is 1.82. The second-order valence-corrected chi connectivity index (χ2v) is 2.78. The lowest BCUT2D eigenvalue weighted by Gasteiger charge is -1.75. The third-order valence-corrected chi connectivity index (χ3v) is 1.54. The van der Waals surface area contributed by atoms with Crippen molar-refractivity contribution in [1.29, 1.82) is 0 Å². The van der Waals surface area contributed by atoms with Gasteiger partial charge in [0.2, 0.25) is 0 Å². The van der Waals surface area contributed by atoms with E-state index >= 15 is 0 Å². The molecule has 0 unspecified atom stereocenters. The van der Waals surface area contributed by atoms with Gasteiger partial charge in [0.25, 0.3) is 0 Å². The third kappa shape index (κ3) is 7.25. The van der Waals surface area contributed by atoms with E-state index in [-0.39, 0.29) is 0 Å². The molecule has 2 aromatic rings. The summed E-state index contributed by atoms with van der Waals surface area (Å²) in [5, 5.41) is 9.14. The summed E-state index contributed by atoms with van der Waals surface area (Å²) in [6.45, 7) is 1.99. The standard InChI is InChI=1S/C5H5N.C3H6N2.C3H4N2/c1-2-4-6-5-3-1;1-2-5-3-4-1;1-2-4-5-3-1/h1-5H;3H,1-2H2,(H,4,5);1-3H,(H,4,5). The van der Waals surface area contributed by atoms with E-state index in [1.807, 2.05) is 24.3 Å². The number of rotatable bonds is 0. The van der Waals surface area contributed by atoms with Crippen LogP contribution in [0.3, 0.4) is 0 Å². The lowest BCUT2D eigenvalue weighted by atomic mass is 10.5. The van der Waals surface area contributed by atoms with Crippen LogP contribution in [0.25, 0.3) is 0 Å². The second kappa shape index (κ2) is 9.39. The molecule has 0 spiro atoms. The topological polar surface area (TPSA) is 66.0 Å². The zero-order valence-electron chi connectivity index (χ0n) is 8.95.